The lowest BCUT2D eigenvalue weighted by atomic mass is 9.85. The highest BCUT2D eigenvalue weighted by Gasteiger charge is 2.25. The minimum absolute atomic E-state index is 0.0640. The zero-order valence-corrected chi connectivity index (χ0v) is 21.5. The molecule has 1 amide bonds. The van der Waals surface area contributed by atoms with Gasteiger partial charge in [-0.25, -0.2) is 9.97 Å². The molecule has 0 bridgehead atoms. The molecule has 0 spiro atoms. The van der Waals surface area contributed by atoms with E-state index in [9.17, 15) is 9.59 Å². The summed E-state index contributed by atoms with van der Waals surface area (Å²) < 4.78 is 10.1. The maximum atomic E-state index is 12.8. The fraction of sp³-hybridized carbons (Fsp3) is 0.571. The number of amides is 1. The number of anilines is 1. The summed E-state index contributed by atoms with van der Waals surface area (Å²) in [4.78, 5) is 35.9. The quantitative estimate of drug-likeness (QED) is 0.496. The summed E-state index contributed by atoms with van der Waals surface area (Å²) in [5.41, 5.74) is 3.28. The minimum atomic E-state index is -0.208. The number of likely N-dealkylation sites (tertiary alicyclic amines) is 1. The predicted molar refractivity (Wildman–Crippen MR) is 138 cm³/mol. The van der Waals surface area contributed by atoms with Crippen LogP contribution in [0.15, 0.2) is 30.5 Å². The number of pyridine rings is 2. The Kier molecular flexibility index (Phi) is 9.14. The number of nitrogens with one attached hydrogen (secondary N) is 1. The summed E-state index contributed by atoms with van der Waals surface area (Å²) >= 11 is 0. The summed E-state index contributed by atoms with van der Waals surface area (Å²) in [6, 6.07) is 8.03. The molecule has 8 nitrogen and oxygen atoms in total. The first-order valence-electron chi connectivity index (χ1n) is 13.1. The van der Waals surface area contributed by atoms with Crippen molar-refractivity contribution in [1.82, 2.24) is 14.9 Å². The second-order valence-corrected chi connectivity index (χ2v) is 9.85. The Bertz CT molecular complexity index is 1020. The summed E-state index contributed by atoms with van der Waals surface area (Å²) in [6.45, 7) is 2.57. The first kappa shape index (κ1) is 25.9. The Labute approximate surface area is 213 Å². The van der Waals surface area contributed by atoms with Gasteiger partial charge in [0.25, 0.3) is 0 Å². The number of carbonyl (C=O) groups is 2. The van der Waals surface area contributed by atoms with E-state index in [0.717, 1.165) is 75.2 Å². The molecule has 1 unspecified atom stereocenters. The van der Waals surface area contributed by atoms with Gasteiger partial charge in [0.15, 0.2) is 0 Å². The number of fused-ring (bicyclic) bond motifs is 1. The van der Waals surface area contributed by atoms with E-state index >= 15 is 0 Å². The number of aromatic nitrogens is 2. The molecule has 4 heterocycles. The van der Waals surface area contributed by atoms with Crippen LogP contribution in [0.25, 0.3) is 0 Å². The molecule has 0 aromatic carbocycles. The lowest BCUT2D eigenvalue weighted by Gasteiger charge is -2.32. The van der Waals surface area contributed by atoms with Crippen LogP contribution in [-0.4, -0.2) is 60.6 Å². The van der Waals surface area contributed by atoms with E-state index in [1.165, 1.54) is 12.7 Å². The van der Waals surface area contributed by atoms with Gasteiger partial charge in [-0.2, -0.15) is 0 Å². The molecule has 1 fully saturated rings. The number of methoxy groups -OCH3 is 2. The lowest BCUT2D eigenvalue weighted by Crippen LogP contribution is -2.38. The Morgan fingerprint density at radius 1 is 1.17 bits per heavy atom. The largest absolute Gasteiger partial charge is 0.481 e. The molecule has 1 atom stereocenters. The standard InChI is InChI=1S/C28H38N4O4/c1-35-25-11-8-23(19-30-25)22(18-27(34)36-2)6-5-20-13-16-32(17-14-20)26(33)12-10-24-9-7-21-4-3-15-29-28(21)31-24/h7-9,11,19-20,22H,3-6,10,12-18H2,1-2H3,(H,29,31). The Morgan fingerprint density at radius 3 is 2.72 bits per heavy atom. The lowest BCUT2D eigenvalue weighted by molar-refractivity contribution is -0.141. The van der Waals surface area contributed by atoms with E-state index < -0.39 is 0 Å². The molecular formula is C28H38N4O4. The van der Waals surface area contributed by atoms with E-state index in [2.05, 4.69) is 22.4 Å². The van der Waals surface area contributed by atoms with Crippen molar-refractivity contribution in [2.75, 3.05) is 39.2 Å². The normalized spacial score (nSPS) is 16.6. The molecule has 2 aromatic heterocycles. The highest BCUT2D eigenvalue weighted by molar-refractivity contribution is 5.76. The van der Waals surface area contributed by atoms with Crippen LogP contribution in [0, 0.1) is 5.92 Å². The fourth-order valence-electron chi connectivity index (χ4n) is 5.23. The molecule has 4 rings (SSSR count). The van der Waals surface area contributed by atoms with Crippen molar-refractivity contribution in [3.63, 3.8) is 0 Å². The topological polar surface area (TPSA) is 93.7 Å². The van der Waals surface area contributed by atoms with Gasteiger partial charge in [0, 0.05) is 44.0 Å². The first-order valence-corrected chi connectivity index (χ1v) is 13.1. The zero-order valence-electron chi connectivity index (χ0n) is 21.5. The van der Waals surface area contributed by atoms with Crippen LogP contribution in [0.5, 0.6) is 5.88 Å². The van der Waals surface area contributed by atoms with E-state index in [0.29, 0.717) is 31.1 Å². The molecule has 8 heteroatoms. The Hall–Kier alpha value is -3.16. The third kappa shape index (κ3) is 6.95. The number of esters is 1. The number of piperidine rings is 1. The van der Waals surface area contributed by atoms with E-state index in [-0.39, 0.29) is 17.8 Å². The molecule has 2 aliphatic rings. The Morgan fingerprint density at radius 2 is 2.00 bits per heavy atom. The number of rotatable bonds is 10. The summed E-state index contributed by atoms with van der Waals surface area (Å²) in [6.07, 6.45) is 9.44. The van der Waals surface area contributed by atoms with Crippen LogP contribution in [0.4, 0.5) is 5.82 Å². The third-order valence-electron chi connectivity index (χ3n) is 7.52. The maximum absolute atomic E-state index is 12.8. The second-order valence-electron chi connectivity index (χ2n) is 9.85. The van der Waals surface area contributed by atoms with E-state index in [1.54, 1.807) is 13.3 Å². The van der Waals surface area contributed by atoms with Crippen molar-refractivity contribution in [3.05, 3.63) is 47.3 Å². The minimum Gasteiger partial charge on any atom is -0.481 e. The number of aryl methyl sites for hydroxylation is 2. The van der Waals surface area contributed by atoms with Crippen molar-refractivity contribution < 1.29 is 19.1 Å². The average molecular weight is 495 g/mol. The molecule has 0 saturated carbocycles. The van der Waals surface area contributed by atoms with Crippen LogP contribution in [0.1, 0.15) is 67.7 Å². The third-order valence-corrected chi connectivity index (χ3v) is 7.52. The van der Waals surface area contributed by atoms with Crippen LogP contribution in [0.2, 0.25) is 0 Å². The molecule has 0 radical (unpaired) electrons. The summed E-state index contributed by atoms with van der Waals surface area (Å²) in [5.74, 6) is 2.17. The SMILES string of the molecule is COC(=O)CC(CCC1CCN(C(=O)CCc2ccc3c(n2)NCCC3)CC1)c1ccc(OC)nc1. The van der Waals surface area contributed by atoms with Crippen molar-refractivity contribution in [2.24, 2.45) is 5.92 Å². The van der Waals surface area contributed by atoms with Gasteiger partial charge >= 0.3 is 5.97 Å². The van der Waals surface area contributed by atoms with Gasteiger partial charge in [0.05, 0.1) is 20.6 Å². The van der Waals surface area contributed by atoms with Crippen molar-refractivity contribution in [1.29, 1.82) is 0 Å². The summed E-state index contributed by atoms with van der Waals surface area (Å²) in [7, 11) is 3.02. The Balaban J connectivity index is 1.23. The number of nitrogens with zero attached hydrogens (tertiary/aromatic N) is 3. The smallest absolute Gasteiger partial charge is 0.306 e. The van der Waals surface area contributed by atoms with Crippen molar-refractivity contribution in [2.45, 2.75) is 63.7 Å². The fourth-order valence-corrected chi connectivity index (χ4v) is 5.23. The second kappa shape index (κ2) is 12.7. The van der Waals surface area contributed by atoms with Gasteiger partial charge in [-0.05, 0) is 74.0 Å². The molecule has 36 heavy (non-hydrogen) atoms. The molecule has 2 aromatic rings. The van der Waals surface area contributed by atoms with Gasteiger partial charge in [-0.3, -0.25) is 9.59 Å². The monoisotopic (exact) mass is 494 g/mol. The molecular weight excluding hydrogens is 456 g/mol. The van der Waals surface area contributed by atoms with Crippen LogP contribution >= 0.6 is 0 Å². The van der Waals surface area contributed by atoms with Crippen LogP contribution in [-0.2, 0) is 27.2 Å². The van der Waals surface area contributed by atoms with E-state index in [1.807, 2.05) is 17.0 Å². The van der Waals surface area contributed by atoms with Crippen molar-refractivity contribution in [3.8, 4) is 5.88 Å². The number of hydrogen-bond donors (Lipinski definition) is 1. The molecule has 0 aliphatic carbocycles. The van der Waals surface area contributed by atoms with Gasteiger partial charge in [-0.1, -0.05) is 12.1 Å². The number of hydrogen-bond acceptors (Lipinski definition) is 7. The highest BCUT2D eigenvalue weighted by Crippen LogP contribution is 2.31. The van der Waals surface area contributed by atoms with Crippen molar-refractivity contribution >= 4 is 17.7 Å². The summed E-state index contributed by atoms with van der Waals surface area (Å²) in [5, 5.41) is 3.37. The van der Waals surface area contributed by atoms with Gasteiger partial charge in [0.1, 0.15) is 5.82 Å². The average Bonchev–Trinajstić information content (AvgIpc) is 2.94. The molecule has 1 N–H and O–H groups in total. The number of ether oxygens (including phenoxy) is 2. The highest BCUT2D eigenvalue weighted by atomic mass is 16.5. The molecule has 2 aliphatic heterocycles. The van der Waals surface area contributed by atoms with Gasteiger partial charge < -0.3 is 19.7 Å². The van der Waals surface area contributed by atoms with E-state index in [4.69, 9.17) is 14.5 Å². The first-order chi connectivity index (χ1) is 17.6. The van der Waals surface area contributed by atoms with Gasteiger partial charge in [-0.15, -0.1) is 0 Å². The molecule has 194 valence electrons. The van der Waals surface area contributed by atoms with Gasteiger partial charge in [0.2, 0.25) is 11.8 Å². The maximum Gasteiger partial charge on any atom is 0.306 e. The zero-order chi connectivity index (χ0) is 25.3. The van der Waals surface area contributed by atoms with Crippen LogP contribution in [0.3, 0.4) is 0 Å². The predicted octanol–water partition coefficient (Wildman–Crippen LogP) is 4.14. The number of carbonyl (C=O) groups excluding carboxylic acids is 2. The molecule has 1 saturated heterocycles. The van der Waals surface area contributed by atoms with Crippen LogP contribution < -0.4 is 10.1 Å².